The number of esters is 1. The van der Waals surface area contributed by atoms with Gasteiger partial charge in [0, 0.05) is 12.8 Å². The molecule has 6 nitrogen and oxygen atoms in total. The summed E-state index contributed by atoms with van der Waals surface area (Å²) in [5, 5.41) is 23.3. The van der Waals surface area contributed by atoms with Crippen molar-refractivity contribution in [3.63, 3.8) is 0 Å². The van der Waals surface area contributed by atoms with Gasteiger partial charge in [0.15, 0.2) is 0 Å². The van der Waals surface area contributed by atoms with E-state index in [1.54, 1.807) is 0 Å². The molecule has 0 saturated heterocycles. The van der Waals surface area contributed by atoms with Crippen LogP contribution in [-0.2, 0) is 14.3 Å². The fourth-order valence-corrected chi connectivity index (χ4v) is 12.9. The Bertz CT molecular complexity index is 1360. The van der Waals surface area contributed by atoms with Crippen LogP contribution in [-0.4, -0.2) is 47.4 Å². The summed E-state index contributed by atoms with van der Waals surface area (Å²) >= 11 is 0. The van der Waals surface area contributed by atoms with Crippen molar-refractivity contribution in [3.05, 3.63) is 24.3 Å². The van der Waals surface area contributed by atoms with Crippen LogP contribution in [0.2, 0.25) is 0 Å². The van der Waals surface area contributed by atoms with Crippen molar-refractivity contribution in [3.8, 4) is 0 Å². The van der Waals surface area contributed by atoms with E-state index in [1.807, 2.05) is 0 Å². The van der Waals surface area contributed by atoms with E-state index in [4.69, 9.17) is 4.74 Å². The van der Waals surface area contributed by atoms with Gasteiger partial charge in [0.05, 0.1) is 25.4 Å². The molecule has 516 valence electrons. The Morgan fingerprint density at radius 2 is 0.575 bits per heavy atom. The molecule has 0 aliphatic heterocycles. The lowest BCUT2D eigenvalue weighted by molar-refractivity contribution is -0.143. The molecule has 0 aromatic rings. The maximum absolute atomic E-state index is 12.5. The van der Waals surface area contributed by atoms with E-state index in [2.05, 4.69) is 43.5 Å². The van der Waals surface area contributed by atoms with Crippen molar-refractivity contribution >= 4 is 11.9 Å². The summed E-state index contributed by atoms with van der Waals surface area (Å²) in [5.74, 6) is -0.00359. The number of rotatable bonds is 76. The number of nitrogens with one attached hydrogen (secondary N) is 1. The Labute approximate surface area is 545 Å². The molecule has 0 aromatic carbocycles. The first-order valence-electron chi connectivity index (χ1n) is 40.1. The number of carbonyl (C=O) groups is 2. The molecule has 0 aliphatic rings. The highest BCUT2D eigenvalue weighted by Gasteiger charge is 2.20. The number of aliphatic hydroxyl groups is 2. The van der Waals surface area contributed by atoms with Gasteiger partial charge < -0.3 is 20.3 Å². The van der Waals surface area contributed by atoms with E-state index in [0.29, 0.717) is 25.9 Å². The quantitative estimate of drug-likeness (QED) is 0.0320. The average molecular weight is 1230 g/mol. The Morgan fingerprint density at radius 1 is 0.322 bits per heavy atom. The summed E-state index contributed by atoms with van der Waals surface area (Å²) in [6.07, 6.45) is 98.6. The monoisotopic (exact) mass is 1220 g/mol. The van der Waals surface area contributed by atoms with Gasteiger partial charge in [0.25, 0.3) is 0 Å². The van der Waals surface area contributed by atoms with E-state index < -0.39 is 12.1 Å². The third-order valence-electron chi connectivity index (χ3n) is 19.0. The SMILES string of the molecule is CCCCCCCCCCCCCCCCCCCCC(=O)OCCCCCCCCCCCCCCCCC/C=C\C/C=C\CCCCCCCCCCCCCCCCCCCC(=O)NC(CO)C(O)CCCCCCCCCCCCCCC. The van der Waals surface area contributed by atoms with Gasteiger partial charge in [-0.25, -0.2) is 0 Å². The second-order valence-electron chi connectivity index (χ2n) is 27.8. The summed E-state index contributed by atoms with van der Waals surface area (Å²) in [5.41, 5.74) is 0. The van der Waals surface area contributed by atoms with Crippen molar-refractivity contribution in [2.75, 3.05) is 13.2 Å². The number of hydrogen-bond donors (Lipinski definition) is 3. The Kier molecular flexibility index (Phi) is 75.3. The molecule has 0 rings (SSSR count). The summed E-state index contributed by atoms with van der Waals surface area (Å²) in [4.78, 5) is 24.6. The second kappa shape index (κ2) is 76.8. The highest BCUT2D eigenvalue weighted by atomic mass is 16.5. The van der Waals surface area contributed by atoms with Crippen LogP contribution in [0, 0.1) is 0 Å². The van der Waals surface area contributed by atoms with Gasteiger partial charge in [0.1, 0.15) is 0 Å². The lowest BCUT2D eigenvalue weighted by Gasteiger charge is -2.22. The minimum Gasteiger partial charge on any atom is -0.466 e. The first-order chi connectivity index (χ1) is 43.0. The number of carbonyl (C=O) groups excluding carboxylic acids is 2. The topological polar surface area (TPSA) is 95.9 Å². The third kappa shape index (κ3) is 73.3. The summed E-state index contributed by atoms with van der Waals surface area (Å²) in [7, 11) is 0. The van der Waals surface area contributed by atoms with E-state index in [0.717, 1.165) is 44.9 Å². The maximum Gasteiger partial charge on any atom is 0.305 e. The fraction of sp³-hybridized carbons (Fsp3) is 0.926. The van der Waals surface area contributed by atoms with Crippen LogP contribution in [0.5, 0.6) is 0 Å². The second-order valence-corrected chi connectivity index (χ2v) is 27.8. The lowest BCUT2D eigenvalue weighted by Crippen LogP contribution is -2.45. The van der Waals surface area contributed by atoms with Gasteiger partial charge in [-0.3, -0.25) is 9.59 Å². The van der Waals surface area contributed by atoms with Crippen LogP contribution in [0.4, 0.5) is 0 Å². The van der Waals surface area contributed by atoms with Crippen LogP contribution in [0.3, 0.4) is 0 Å². The Hall–Kier alpha value is -1.66. The molecule has 2 unspecified atom stereocenters. The summed E-state index contributed by atoms with van der Waals surface area (Å²) in [6, 6.07) is -0.538. The third-order valence-corrected chi connectivity index (χ3v) is 19.0. The predicted molar refractivity (Wildman–Crippen MR) is 384 cm³/mol. The smallest absolute Gasteiger partial charge is 0.305 e. The van der Waals surface area contributed by atoms with E-state index in [-0.39, 0.29) is 18.5 Å². The minimum atomic E-state index is -0.661. The zero-order valence-electron chi connectivity index (χ0n) is 59.3. The molecular formula is C81H157NO5. The largest absolute Gasteiger partial charge is 0.466 e. The first-order valence-corrected chi connectivity index (χ1v) is 40.1. The van der Waals surface area contributed by atoms with E-state index in [9.17, 15) is 19.8 Å². The molecule has 1 amide bonds. The van der Waals surface area contributed by atoms with Crippen LogP contribution < -0.4 is 5.32 Å². The average Bonchev–Trinajstić information content (AvgIpc) is 3.54. The molecule has 0 fully saturated rings. The molecule has 2 atom stereocenters. The number of aliphatic hydroxyl groups excluding tert-OH is 2. The van der Waals surface area contributed by atoms with Crippen LogP contribution in [0.1, 0.15) is 457 Å². The number of amides is 1. The molecule has 3 N–H and O–H groups in total. The van der Waals surface area contributed by atoms with Crippen molar-refractivity contribution in [2.45, 2.75) is 469 Å². The molecule has 0 heterocycles. The molecule has 0 spiro atoms. The Balaban J connectivity index is 3.32. The van der Waals surface area contributed by atoms with Gasteiger partial charge in [-0.2, -0.15) is 0 Å². The van der Waals surface area contributed by atoms with Crippen molar-refractivity contribution < 1.29 is 24.5 Å². The molecule has 0 aliphatic carbocycles. The molecule has 0 bridgehead atoms. The van der Waals surface area contributed by atoms with Gasteiger partial charge in [0.2, 0.25) is 5.91 Å². The van der Waals surface area contributed by atoms with Crippen molar-refractivity contribution in [1.82, 2.24) is 5.32 Å². The zero-order valence-corrected chi connectivity index (χ0v) is 59.3. The predicted octanol–water partition coefficient (Wildman–Crippen LogP) is 26.4. The first kappa shape index (κ1) is 85.3. The van der Waals surface area contributed by atoms with Crippen molar-refractivity contribution in [1.29, 1.82) is 0 Å². The van der Waals surface area contributed by atoms with Crippen LogP contribution in [0.25, 0.3) is 0 Å². The number of unbranched alkanes of at least 4 members (excludes halogenated alkanes) is 61. The zero-order chi connectivity index (χ0) is 62.8. The van der Waals surface area contributed by atoms with Gasteiger partial charge in [-0.1, -0.05) is 411 Å². The molecule has 6 heteroatoms. The highest BCUT2D eigenvalue weighted by molar-refractivity contribution is 5.76. The van der Waals surface area contributed by atoms with E-state index in [1.165, 1.54) is 379 Å². The fourth-order valence-electron chi connectivity index (χ4n) is 12.9. The standard InChI is InChI=1S/C81H157NO5/c1-3-5-7-9-11-13-15-17-18-19-44-47-51-55-59-63-67-71-75-81(86)87-76-72-68-64-60-56-52-48-45-42-40-38-36-34-32-30-28-26-24-22-20-21-23-25-27-29-31-33-35-37-39-41-43-46-50-54-58-62-66-70-74-80(85)82-78(77-83)79(84)73-69-65-61-57-53-49-16-14-12-10-8-6-4-2/h20-21,24,26,78-79,83-84H,3-19,22-23,25,27-77H2,1-2H3,(H,82,85)/b21-20-,26-24-. The molecule has 87 heavy (non-hydrogen) atoms. The summed E-state index contributed by atoms with van der Waals surface area (Å²) in [6.45, 7) is 5.00. The summed E-state index contributed by atoms with van der Waals surface area (Å²) < 4.78 is 5.52. The maximum atomic E-state index is 12.5. The van der Waals surface area contributed by atoms with Gasteiger partial charge >= 0.3 is 5.97 Å². The van der Waals surface area contributed by atoms with Crippen LogP contribution in [0.15, 0.2) is 24.3 Å². The number of allylic oxidation sites excluding steroid dienone is 4. The normalized spacial score (nSPS) is 12.6. The van der Waals surface area contributed by atoms with Gasteiger partial charge in [-0.05, 0) is 57.8 Å². The minimum absolute atomic E-state index is 0.0257. The highest BCUT2D eigenvalue weighted by Crippen LogP contribution is 2.20. The molecule has 0 saturated carbocycles. The van der Waals surface area contributed by atoms with Crippen LogP contribution >= 0.6 is 0 Å². The number of hydrogen-bond acceptors (Lipinski definition) is 5. The molecular weight excluding hydrogens is 1070 g/mol. The van der Waals surface area contributed by atoms with E-state index >= 15 is 0 Å². The number of ether oxygens (including phenoxy) is 1. The Morgan fingerprint density at radius 3 is 0.874 bits per heavy atom. The van der Waals surface area contributed by atoms with Crippen molar-refractivity contribution in [2.24, 2.45) is 0 Å². The van der Waals surface area contributed by atoms with Gasteiger partial charge in [-0.15, -0.1) is 0 Å². The molecule has 0 radical (unpaired) electrons. The lowest BCUT2D eigenvalue weighted by atomic mass is 10.0. The molecule has 0 aromatic heterocycles.